The van der Waals surface area contributed by atoms with Gasteiger partial charge in [0.05, 0.1) is 0 Å². The third kappa shape index (κ3) is 1.97. The molecular weight excluding hydrogens is 246 g/mol. The number of carbonyl (C=O) groups excluding carboxylic acids is 1. The average molecular weight is 263 g/mol. The van der Waals surface area contributed by atoms with E-state index in [2.05, 4.69) is 23.2 Å². The number of nitrogens with one attached hydrogen (secondary N) is 1. The van der Waals surface area contributed by atoms with E-state index in [4.69, 9.17) is 5.73 Å². The summed E-state index contributed by atoms with van der Waals surface area (Å²) in [6.07, 6.45) is 0. The van der Waals surface area contributed by atoms with E-state index in [-0.39, 0.29) is 5.91 Å². The summed E-state index contributed by atoms with van der Waals surface area (Å²) < 4.78 is 0. The number of nitrogens with zero attached hydrogens (tertiary/aromatic N) is 1. The summed E-state index contributed by atoms with van der Waals surface area (Å²) >= 11 is 2.01. The molecule has 1 fully saturated rings. The van der Waals surface area contributed by atoms with Gasteiger partial charge >= 0.3 is 0 Å². The standard InChI is InChI=1S/C13H17N3OS/c1-8-7-16(4-5-18-8)9-2-3-10-11(6-9)15-13(17)12(10)14/h2-3,6,8,12H,4-5,7,14H2,1H3,(H,15,17). The van der Waals surface area contributed by atoms with Gasteiger partial charge in [-0.25, -0.2) is 0 Å². The van der Waals surface area contributed by atoms with Crippen molar-refractivity contribution in [2.24, 2.45) is 5.73 Å². The van der Waals surface area contributed by atoms with Crippen LogP contribution in [0.4, 0.5) is 11.4 Å². The van der Waals surface area contributed by atoms with Gasteiger partial charge in [0.25, 0.3) is 0 Å². The number of nitrogens with two attached hydrogens (primary N) is 1. The predicted octanol–water partition coefficient (Wildman–Crippen LogP) is 1.58. The number of fused-ring (bicyclic) bond motifs is 1. The van der Waals surface area contributed by atoms with Crippen LogP contribution in [0.15, 0.2) is 18.2 Å². The molecule has 0 radical (unpaired) electrons. The van der Waals surface area contributed by atoms with Crippen LogP contribution in [0.2, 0.25) is 0 Å². The van der Waals surface area contributed by atoms with Crippen molar-refractivity contribution in [3.63, 3.8) is 0 Å². The number of carbonyl (C=O) groups is 1. The Kier molecular flexibility index (Phi) is 2.95. The molecule has 4 nitrogen and oxygen atoms in total. The van der Waals surface area contributed by atoms with E-state index in [1.807, 2.05) is 23.9 Å². The van der Waals surface area contributed by atoms with E-state index in [0.717, 1.165) is 30.1 Å². The van der Waals surface area contributed by atoms with Gasteiger partial charge in [0.15, 0.2) is 0 Å². The number of hydrogen-bond donors (Lipinski definition) is 2. The Hall–Kier alpha value is -1.20. The molecule has 2 unspecified atom stereocenters. The summed E-state index contributed by atoms with van der Waals surface area (Å²) in [6.45, 7) is 4.37. The van der Waals surface area contributed by atoms with Crippen molar-refractivity contribution in [2.45, 2.75) is 18.2 Å². The van der Waals surface area contributed by atoms with Gasteiger partial charge in [0.1, 0.15) is 6.04 Å². The quantitative estimate of drug-likeness (QED) is 0.807. The first-order valence-electron chi connectivity index (χ1n) is 6.22. The molecule has 0 aromatic heterocycles. The summed E-state index contributed by atoms with van der Waals surface area (Å²) in [5, 5.41) is 3.50. The fourth-order valence-corrected chi connectivity index (χ4v) is 3.54. The minimum Gasteiger partial charge on any atom is -0.370 e. The Labute approximate surface area is 111 Å². The lowest BCUT2D eigenvalue weighted by atomic mass is 10.1. The van der Waals surface area contributed by atoms with Crippen molar-refractivity contribution in [3.05, 3.63) is 23.8 Å². The Bertz CT molecular complexity index is 491. The van der Waals surface area contributed by atoms with Gasteiger partial charge in [-0.15, -0.1) is 0 Å². The van der Waals surface area contributed by atoms with Crippen molar-refractivity contribution in [3.8, 4) is 0 Å². The lowest BCUT2D eigenvalue weighted by Gasteiger charge is -2.32. The first-order chi connectivity index (χ1) is 8.65. The zero-order valence-corrected chi connectivity index (χ0v) is 11.2. The molecule has 2 heterocycles. The summed E-state index contributed by atoms with van der Waals surface area (Å²) in [5.74, 6) is 1.05. The van der Waals surface area contributed by atoms with E-state index >= 15 is 0 Å². The van der Waals surface area contributed by atoms with Gasteiger partial charge in [-0.3, -0.25) is 4.79 Å². The second kappa shape index (κ2) is 4.48. The fraction of sp³-hybridized carbons (Fsp3) is 0.462. The van der Waals surface area contributed by atoms with Crippen LogP contribution in [0.5, 0.6) is 0 Å². The Morgan fingerprint density at radius 2 is 2.33 bits per heavy atom. The van der Waals surface area contributed by atoms with Crippen LogP contribution in [-0.2, 0) is 4.79 Å². The van der Waals surface area contributed by atoms with Gasteiger partial charge < -0.3 is 16.0 Å². The SMILES string of the molecule is CC1CN(c2ccc3c(c2)NC(=O)C3N)CCS1. The predicted molar refractivity (Wildman–Crippen MR) is 76.1 cm³/mol. The van der Waals surface area contributed by atoms with Gasteiger partial charge in [0, 0.05) is 41.0 Å². The monoisotopic (exact) mass is 263 g/mol. The summed E-state index contributed by atoms with van der Waals surface area (Å²) in [5.41, 5.74) is 8.76. The average Bonchev–Trinajstić information content (AvgIpc) is 2.65. The molecule has 3 N–H and O–H groups in total. The minimum absolute atomic E-state index is 0.107. The number of rotatable bonds is 1. The lowest BCUT2D eigenvalue weighted by Crippen LogP contribution is -2.36. The maximum absolute atomic E-state index is 11.5. The Balaban J connectivity index is 1.87. The number of amides is 1. The number of anilines is 2. The van der Waals surface area contributed by atoms with Crippen LogP contribution in [0.25, 0.3) is 0 Å². The highest BCUT2D eigenvalue weighted by Crippen LogP contribution is 2.34. The van der Waals surface area contributed by atoms with Crippen molar-refractivity contribution in [1.82, 2.24) is 0 Å². The summed E-state index contributed by atoms with van der Waals surface area (Å²) in [6, 6.07) is 5.58. The molecule has 0 bridgehead atoms. The summed E-state index contributed by atoms with van der Waals surface area (Å²) in [7, 11) is 0. The molecule has 96 valence electrons. The van der Waals surface area contributed by atoms with Crippen LogP contribution in [0.3, 0.4) is 0 Å². The van der Waals surface area contributed by atoms with Gasteiger partial charge in [-0.2, -0.15) is 11.8 Å². The van der Waals surface area contributed by atoms with Crippen molar-refractivity contribution >= 4 is 29.0 Å². The molecule has 1 aromatic carbocycles. The van der Waals surface area contributed by atoms with Gasteiger partial charge in [-0.05, 0) is 12.1 Å². The molecule has 3 rings (SSSR count). The second-order valence-corrected chi connectivity index (χ2v) is 6.41. The van der Waals surface area contributed by atoms with Gasteiger partial charge in [0.2, 0.25) is 5.91 Å². The molecule has 18 heavy (non-hydrogen) atoms. The van der Waals surface area contributed by atoms with Crippen LogP contribution in [0, 0.1) is 0 Å². The highest BCUT2D eigenvalue weighted by Gasteiger charge is 2.28. The van der Waals surface area contributed by atoms with Crippen LogP contribution < -0.4 is 16.0 Å². The van der Waals surface area contributed by atoms with Crippen LogP contribution >= 0.6 is 11.8 Å². The highest BCUT2D eigenvalue weighted by molar-refractivity contribution is 8.00. The molecule has 2 atom stereocenters. The minimum atomic E-state index is -0.509. The van der Waals surface area contributed by atoms with E-state index in [1.165, 1.54) is 5.69 Å². The van der Waals surface area contributed by atoms with E-state index in [1.54, 1.807) is 0 Å². The molecule has 1 aromatic rings. The Morgan fingerprint density at radius 1 is 1.50 bits per heavy atom. The molecule has 1 saturated heterocycles. The third-order valence-corrected chi connectivity index (χ3v) is 4.65. The number of benzene rings is 1. The lowest BCUT2D eigenvalue weighted by molar-refractivity contribution is -0.116. The van der Waals surface area contributed by atoms with Crippen LogP contribution in [0.1, 0.15) is 18.5 Å². The zero-order chi connectivity index (χ0) is 12.7. The number of thioether (sulfide) groups is 1. The Morgan fingerprint density at radius 3 is 3.11 bits per heavy atom. The van der Waals surface area contributed by atoms with E-state index in [0.29, 0.717) is 5.25 Å². The fourth-order valence-electron chi connectivity index (χ4n) is 2.53. The summed E-state index contributed by atoms with van der Waals surface area (Å²) in [4.78, 5) is 13.9. The van der Waals surface area contributed by atoms with E-state index in [9.17, 15) is 4.79 Å². The topological polar surface area (TPSA) is 58.4 Å². The van der Waals surface area contributed by atoms with E-state index < -0.39 is 6.04 Å². The molecule has 2 aliphatic heterocycles. The van der Waals surface area contributed by atoms with Crippen LogP contribution in [-0.4, -0.2) is 30.0 Å². The smallest absolute Gasteiger partial charge is 0.245 e. The first kappa shape index (κ1) is 11.9. The molecule has 5 heteroatoms. The molecular formula is C13H17N3OS. The largest absolute Gasteiger partial charge is 0.370 e. The highest BCUT2D eigenvalue weighted by atomic mass is 32.2. The maximum Gasteiger partial charge on any atom is 0.245 e. The molecule has 0 saturated carbocycles. The third-order valence-electron chi connectivity index (χ3n) is 3.52. The molecule has 0 aliphatic carbocycles. The first-order valence-corrected chi connectivity index (χ1v) is 7.27. The zero-order valence-electron chi connectivity index (χ0n) is 10.3. The van der Waals surface area contributed by atoms with Crippen molar-refractivity contribution in [2.75, 3.05) is 29.1 Å². The molecule has 1 amide bonds. The second-order valence-electron chi connectivity index (χ2n) is 4.87. The van der Waals surface area contributed by atoms with Crippen molar-refractivity contribution in [1.29, 1.82) is 0 Å². The number of hydrogen-bond acceptors (Lipinski definition) is 4. The molecule has 0 spiro atoms. The van der Waals surface area contributed by atoms with Crippen molar-refractivity contribution < 1.29 is 4.79 Å². The maximum atomic E-state index is 11.5. The molecule has 2 aliphatic rings. The normalized spacial score (nSPS) is 27.0. The van der Waals surface area contributed by atoms with Gasteiger partial charge in [-0.1, -0.05) is 13.0 Å².